The smallest absolute Gasteiger partial charge is 0.372 e. The van der Waals surface area contributed by atoms with E-state index in [0.29, 0.717) is 10.2 Å². The lowest BCUT2D eigenvalue weighted by Crippen LogP contribution is -2.15. The molecule has 18 heavy (non-hydrogen) atoms. The zero-order valence-corrected chi connectivity index (χ0v) is 10.5. The van der Waals surface area contributed by atoms with E-state index in [4.69, 9.17) is 5.11 Å². The first-order valence-electron chi connectivity index (χ1n) is 5.94. The maximum absolute atomic E-state index is 12.0. The third-order valence-electron chi connectivity index (χ3n) is 3.28. The average Bonchev–Trinajstić information content (AvgIpc) is 2.52. The number of nitrogens with one attached hydrogen (secondary N) is 1. The first-order valence-corrected chi connectivity index (χ1v) is 6.76. The fraction of sp³-hybridized carbons (Fsp3) is 0.417. The molecule has 0 amide bonds. The molecule has 0 saturated heterocycles. The van der Waals surface area contributed by atoms with E-state index in [1.807, 2.05) is 0 Å². The number of fused-ring (bicyclic) bond motifs is 3. The van der Waals surface area contributed by atoms with Gasteiger partial charge in [-0.2, -0.15) is 0 Å². The number of thiophene rings is 1. The van der Waals surface area contributed by atoms with Gasteiger partial charge in [-0.15, -0.1) is 11.3 Å². The maximum Gasteiger partial charge on any atom is 0.372 e. The molecule has 0 spiro atoms. The Morgan fingerprint density at radius 1 is 1.28 bits per heavy atom. The highest BCUT2D eigenvalue weighted by molar-refractivity contribution is 7.18. The van der Waals surface area contributed by atoms with E-state index in [1.54, 1.807) is 0 Å². The molecule has 0 bridgehead atoms. The maximum atomic E-state index is 12.0. The molecular formula is C12H12N2O3S. The van der Waals surface area contributed by atoms with Crippen molar-refractivity contribution in [2.45, 2.75) is 32.1 Å². The van der Waals surface area contributed by atoms with Crippen LogP contribution in [0.2, 0.25) is 0 Å². The molecule has 0 fully saturated rings. The summed E-state index contributed by atoms with van der Waals surface area (Å²) in [5.74, 6) is -1.47. The van der Waals surface area contributed by atoms with Gasteiger partial charge in [-0.3, -0.25) is 4.79 Å². The van der Waals surface area contributed by atoms with Gasteiger partial charge in [0.15, 0.2) is 0 Å². The van der Waals surface area contributed by atoms with Crippen molar-refractivity contribution in [3.05, 3.63) is 26.6 Å². The summed E-state index contributed by atoms with van der Waals surface area (Å²) in [6.07, 6.45) is 5.26. The highest BCUT2D eigenvalue weighted by Crippen LogP contribution is 2.32. The number of aromatic carboxylic acids is 1. The van der Waals surface area contributed by atoms with Gasteiger partial charge < -0.3 is 10.1 Å². The Morgan fingerprint density at radius 2 is 2.06 bits per heavy atom. The van der Waals surface area contributed by atoms with Crippen LogP contribution in [0.15, 0.2) is 4.79 Å². The fourth-order valence-electron chi connectivity index (χ4n) is 2.44. The van der Waals surface area contributed by atoms with Gasteiger partial charge in [-0.1, -0.05) is 6.42 Å². The Balaban J connectivity index is 2.29. The van der Waals surface area contributed by atoms with Crippen molar-refractivity contribution < 1.29 is 9.90 Å². The van der Waals surface area contributed by atoms with Crippen LogP contribution in [0, 0.1) is 0 Å². The number of aromatic nitrogens is 2. The second-order valence-electron chi connectivity index (χ2n) is 4.46. The van der Waals surface area contributed by atoms with Crippen molar-refractivity contribution in [2.75, 3.05) is 0 Å². The molecule has 2 aromatic rings. The van der Waals surface area contributed by atoms with Gasteiger partial charge in [0.2, 0.25) is 5.82 Å². The summed E-state index contributed by atoms with van der Waals surface area (Å²) in [4.78, 5) is 31.0. The molecule has 0 atom stereocenters. The van der Waals surface area contributed by atoms with Crippen molar-refractivity contribution in [2.24, 2.45) is 0 Å². The summed E-state index contributed by atoms with van der Waals surface area (Å²) in [5.41, 5.74) is 0.759. The molecule has 5 nitrogen and oxygen atoms in total. The van der Waals surface area contributed by atoms with Crippen molar-refractivity contribution in [3.8, 4) is 0 Å². The minimum atomic E-state index is -1.20. The van der Waals surface area contributed by atoms with Crippen LogP contribution >= 0.6 is 11.3 Å². The lowest BCUT2D eigenvalue weighted by Gasteiger charge is -1.98. The third kappa shape index (κ3) is 1.73. The van der Waals surface area contributed by atoms with Crippen molar-refractivity contribution in [1.82, 2.24) is 9.97 Å². The SMILES string of the molecule is O=C(O)c1nc2sc3c(c2c(=O)[nH]1)CCCCC3. The minimum Gasteiger partial charge on any atom is -0.475 e. The Kier molecular flexibility index (Phi) is 2.66. The first kappa shape index (κ1) is 11.4. The normalized spacial score (nSPS) is 15.3. The van der Waals surface area contributed by atoms with Crippen LogP contribution in [-0.2, 0) is 12.8 Å². The third-order valence-corrected chi connectivity index (χ3v) is 4.46. The number of carboxylic acid groups (broad SMARTS) is 1. The van der Waals surface area contributed by atoms with Crippen molar-refractivity contribution in [1.29, 1.82) is 0 Å². The van der Waals surface area contributed by atoms with Gasteiger partial charge in [0.25, 0.3) is 5.56 Å². The zero-order chi connectivity index (χ0) is 12.7. The highest BCUT2D eigenvalue weighted by Gasteiger charge is 2.20. The number of aryl methyl sites for hydroxylation is 2. The van der Waals surface area contributed by atoms with E-state index in [2.05, 4.69) is 9.97 Å². The Hall–Kier alpha value is -1.69. The van der Waals surface area contributed by atoms with E-state index in [1.165, 1.54) is 22.6 Å². The topological polar surface area (TPSA) is 83.0 Å². The number of H-pyrrole nitrogens is 1. The predicted molar refractivity (Wildman–Crippen MR) is 68.5 cm³/mol. The van der Waals surface area contributed by atoms with Crippen molar-refractivity contribution >= 4 is 27.5 Å². The molecule has 1 aliphatic rings. The van der Waals surface area contributed by atoms with Gasteiger partial charge in [0.05, 0.1) is 5.39 Å². The van der Waals surface area contributed by atoms with Crippen LogP contribution in [0.5, 0.6) is 0 Å². The highest BCUT2D eigenvalue weighted by atomic mass is 32.1. The second-order valence-corrected chi connectivity index (χ2v) is 5.55. The molecule has 0 saturated carbocycles. The Morgan fingerprint density at radius 3 is 2.83 bits per heavy atom. The number of hydrogen-bond donors (Lipinski definition) is 2. The standard InChI is InChI=1S/C12H12N2O3S/c15-10-8-6-4-2-1-3-5-7(6)18-11(8)14-9(13-10)12(16)17/h1-5H2,(H,16,17)(H,13,14,15). The summed E-state index contributed by atoms with van der Waals surface area (Å²) in [5, 5.41) is 9.49. The number of aromatic amines is 1. The number of carboxylic acids is 1. The van der Waals surface area contributed by atoms with Gasteiger partial charge in [-0.25, -0.2) is 9.78 Å². The van der Waals surface area contributed by atoms with Crippen molar-refractivity contribution in [3.63, 3.8) is 0 Å². The molecule has 2 heterocycles. The van der Waals surface area contributed by atoms with Crippen LogP contribution in [0.4, 0.5) is 0 Å². The second kappa shape index (κ2) is 4.20. The van der Waals surface area contributed by atoms with E-state index < -0.39 is 5.97 Å². The number of carbonyl (C=O) groups is 1. The van der Waals surface area contributed by atoms with Crippen LogP contribution in [0.3, 0.4) is 0 Å². The molecule has 2 aromatic heterocycles. The summed E-state index contributed by atoms with van der Waals surface area (Å²) >= 11 is 1.46. The molecule has 0 radical (unpaired) electrons. The van der Waals surface area contributed by atoms with Gasteiger partial charge in [0.1, 0.15) is 4.83 Å². The van der Waals surface area contributed by atoms with E-state index in [9.17, 15) is 9.59 Å². The quantitative estimate of drug-likeness (QED) is 0.771. The molecule has 0 aromatic carbocycles. The Labute approximate surface area is 106 Å². The van der Waals surface area contributed by atoms with Gasteiger partial charge in [-0.05, 0) is 31.2 Å². The van der Waals surface area contributed by atoms with Gasteiger partial charge in [0, 0.05) is 4.88 Å². The first-order chi connectivity index (χ1) is 8.66. The number of hydrogen-bond acceptors (Lipinski definition) is 4. The molecule has 2 N–H and O–H groups in total. The average molecular weight is 264 g/mol. The molecular weight excluding hydrogens is 252 g/mol. The van der Waals surface area contributed by atoms with E-state index >= 15 is 0 Å². The van der Waals surface area contributed by atoms with E-state index in [-0.39, 0.29) is 11.4 Å². The number of rotatable bonds is 1. The lowest BCUT2D eigenvalue weighted by atomic mass is 10.1. The van der Waals surface area contributed by atoms with Gasteiger partial charge >= 0.3 is 5.97 Å². The van der Waals surface area contributed by atoms with Crippen LogP contribution < -0.4 is 5.56 Å². The van der Waals surface area contributed by atoms with Crippen LogP contribution in [0.25, 0.3) is 10.2 Å². The van der Waals surface area contributed by atoms with Crippen LogP contribution in [0.1, 0.15) is 40.3 Å². The Bertz CT molecular complexity index is 686. The molecule has 94 valence electrons. The monoisotopic (exact) mass is 264 g/mol. The molecule has 1 aliphatic carbocycles. The summed E-state index contributed by atoms with van der Waals surface area (Å²) in [6, 6.07) is 0. The molecule has 6 heteroatoms. The lowest BCUT2D eigenvalue weighted by molar-refractivity contribution is 0.0683. The fourth-order valence-corrected chi connectivity index (χ4v) is 3.70. The van der Waals surface area contributed by atoms with E-state index in [0.717, 1.165) is 31.2 Å². The van der Waals surface area contributed by atoms with Crippen LogP contribution in [-0.4, -0.2) is 21.0 Å². The predicted octanol–water partition coefficient (Wildman–Crippen LogP) is 1.95. The summed E-state index contributed by atoms with van der Waals surface area (Å²) in [6.45, 7) is 0. The molecule has 0 aliphatic heterocycles. The molecule has 0 unspecified atom stereocenters. The molecule has 3 rings (SSSR count). The summed E-state index contributed by atoms with van der Waals surface area (Å²) in [7, 11) is 0. The largest absolute Gasteiger partial charge is 0.475 e. The number of nitrogens with zero attached hydrogens (tertiary/aromatic N) is 1. The summed E-state index contributed by atoms with van der Waals surface area (Å²) < 4.78 is 0. The minimum absolute atomic E-state index is 0.274. The zero-order valence-electron chi connectivity index (χ0n) is 9.65.